The lowest BCUT2D eigenvalue weighted by Gasteiger charge is -2.39. The molecular formula is C21H43IN4O2S. The fraction of sp³-hybridized carbons (Fsp3) is 0.952. The zero-order valence-electron chi connectivity index (χ0n) is 18.9. The van der Waals surface area contributed by atoms with Gasteiger partial charge in [0.15, 0.2) is 5.96 Å². The molecule has 0 aromatic heterocycles. The number of rotatable bonds is 10. The normalized spacial score (nSPS) is 21.5. The van der Waals surface area contributed by atoms with Gasteiger partial charge >= 0.3 is 0 Å². The first kappa shape index (κ1) is 27.3. The first-order chi connectivity index (χ1) is 13.7. The number of guanidine groups is 1. The highest BCUT2D eigenvalue weighted by Gasteiger charge is 2.32. The standard InChI is InChI=1S/C21H42N4O2S.HI/c1-5-18(6-2)19(25-10-14-27-15-11-25)16-23-20(22-7-3)24-17-21(28-4)8-12-26-13-9-21;/h18-19H,5-17H2,1-4H3,(H2,22,23,24);1H. The van der Waals surface area contributed by atoms with Crippen LogP contribution in [-0.4, -0.2) is 87.1 Å². The summed E-state index contributed by atoms with van der Waals surface area (Å²) in [5.41, 5.74) is 0. The number of nitrogens with zero attached hydrogens (tertiary/aromatic N) is 2. The lowest BCUT2D eigenvalue weighted by Crippen LogP contribution is -2.53. The van der Waals surface area contributed by atoms with Crippen molar-refractivity contribution in [3.05, 3.63) is 0 Å². The molecule has 0 aromatic carbocycles. The molecule has 0 aliphatic carbocycles. The highest BCUT2D eigenvalue weighted by Crippen LogP contribution is 2.34. The second-order valence-electron chi connectivity index (χ2n) is 7.87. The maximum absolute atomic E-state index is 5.58. The highest BCUT2D eigenvalue weighted by atomic mass is 127. The van der Waals surface area contributed by atoms with Crippen molar-refractivity contribution in [2.75, 3.05) is 65.4 Å². The molecule has 2 aliphatic rings. The van der Waals surface area contributed by atoms with Crippen LogP contribution in [-0.2, 0) is 9.47 Å². The molecule has 2 saturated heterocycles. The minimum absolute atomic E-state index is 0. The van der Waals surface area contributed by atoms with Crippen LogP contribution >= 0.6 is 35.7 Å². The molecule has 2 heterocycles. The third-order valence-electron chi connectivity index (χ3n) is 6.29. The van der Waals surface area contributed by atoms with Crippen LogP contribution in [0.1, 0.15) is 46.5 Å². The van der Waals surface area contributed by atoms with Gasteiger partial charge in [-0.15, -0.1) is 24.0 Å². The minimum atomic E-state index is 0. The van der Waals surface area contributed by atoms with E-state index in [-0.39, 0.29) is 28.7 Å². The SMILES string of the molecule is CCNC(=NCC1(SC)CCOCC1)NCC(C(CC)CC)N1CCOCC1.I. The molecule has 29 heavy (non-hydrogen) atoms. The predicted molar refractivity (Wildman–Crippen MR) is 136 cm³/mol. The van der Waals surface area contributed by atoms with Gasteiger partial charge in [0.1, 0.15) is 0 Å². The lowest BCUT2D eigenvalue weighted by molar-refractivity contribution is 0.00272. The van der Waals surface area contributed by atoms with Crippen LogP contribution in [0.5, 0.6) is 0 Å². The monoisotopic (exact) mass is 542 g/mol. The summed E-state index contributed by atoms with van der Waals surface area (Å²) in [4.78, 5) is 7.59. The summed E-state index contributed by atoms with van der Waals surface area (Å²) in [5, 5.41) is 7.12. The van der Waals surface area contributed by atoms with Gasteiger partial charge in [0.05, 0.1) is 19.8 Å². The average molecular weight is 543 g/mol. The van der Waals surface area contributed by atoms with Gasteiger partial charge in [-0.05, 0) is 31.9 Å². The van der Waals surface area contributed by atoms with Crippen LogP contribution in [0.4, 0.5) is 0 Å². The van der Waals surface area contributed by atoms with E-state index in [1.165, 1.54) is 12.8 Å². The van der Waals surface area contributed by atoms with Crippen LogP contribution in [0.25, 0.3) is 0 Å². The van der Waals surface area contributed by atoms with Crippen molar-refractivity contribution in [3.63, 3.8) is 0 Å². The van der Waals surface area contributed by atoms with Gasteiger partial charge in [0.25, 0.3) is 0 Å². The molecule has 0 amide bonds. The molecule has 6 nitrogen and oxygen atoms in total. The molecule has 1 unspecified atom stereocenters. The average Bonchev–Trinajstić information content (AvgIpc) is 2.76. The Kier molecular flexibility index (Phi) is 14.2. The van der Waals surface area contributed by atoms with E-state index < -0.39 is 0 Å². The molecule has 2 N–H and O–H groups in total. The number of nitrogens with one attached hydrogen (secondary N) is 2. The zero-order chi connectivity index (χ0) is 20.2. The van der Waals surface area contributed by atoms with Crippen molar-refractivity contribution in [1.82, 2.24) is 15.5 Å². The molecule has 2 fully saturated rings. The molecule has 0 bridgehead atoms. The molecule has 2 aliphatic heterocycles. The van der Waals surface area contributed by atoms with Crippen molar-refractivity contribution < 1.29 is 9.47 Å². The fourth-order valence-electron chi connectivity index (χ4n) is 4.27. The van der Waals surface area contributed by atoms with Crippen LogP contribution in [0.3, 0.4) is 0 Å². The van der Waals surface area contributed by atoms with Gasteiger partial charge in [-0.1, -0.05) is 26.7 Å². The number of hydrogen-bond acceptors (Lipinski definition) is 5. The topological polar surface area (TPSA) is 58.1 Å². The van der Waals surface area contributed by atoms with Gasteiger partial charge in [0.2, 0.25) is 0 Å². The van der Waals surface area contributed by atoms with Gasteiger partial charge in [-0.25, -0.2) is 0 Å². The number of hydrogen-bond donors (Lipinski definition) is 2. The molecule has 172 valence electrons. The minimum Gasteiger partial charge on any atom is -0.381 e. The smallest absolute Gasteiger partial charge is 0.191 e. The van der Waals surface area contributed by atoms with Gasteiger partial charge in [0, 0.05) is 50.2 Å². The summed E-state index contributed by atoms with van der Waals surface area (Å²) in [6, 6.07) is 0.528. The number of aliphatic imine (C=N–C) groups is 1. The third-order valence-corrected chi connectivity index (χ3v) is 7.70. The fourth-order valence-corrected chi connectivity index (χ4v) is 5.04. The lowest BCUT2D eigenvalue weighted by atomic mass is 9.92. The molecule has 0 aromatic rings. The quantitative estimate of drug-likeness (QED) is 0.251. The number of halogens is 1. The van der Waals surface area contributed by atoms with Gasteiger partial charge in [-0.3, -0.25) is 9.89 Å². The molecule has 1 atom stereocenters. The Labute approximate surface area is 199 Å². The summed E-state index contributed by atoms with van der Waals surface area (Å²) in [5.74, 6) is 1.65. The van der Waals surface area contributed by atoms with Crippen LogP contribution in [0.15, 0.2) is 4.99 Å². The summed E-state index contributed by atoms with van der Waals surface area (Å²) in [6.45, 7) is 14.9. The van der Waals surface area contributed by atoms with Crippen LogP contribution in [0.2, 0.25) is 0 Å². The van der Waals surface area contributed by atoms with Crippen molar-refractivity contribution in [2.24, 2.45) is 10.9 Å². The molecule has 0 radical (unpaired) electrons. The summed E-state index contributed by atoms with van der Waals surface area (Å²) in [7, 11) is 0. The Balaban J connectivity index is 0.00000420. The summed E-state index contributed by atoms with van der Waals surface area (Å²) in [6.07, 6.45) is 6.80. The van der Waals surface area contributed by atoms with E-state index in [4.69, 9.17) is 14.5 Å². The van der Waals surface area contributed by atoms with E-state index in [9.17, 15) is 0 Å². The number of thioether (sulfide) groups is 1. The molecular weight excluding hydrogens is 499 g/mol. The van der Waals surface area contributed by atoms with Crippen LogP contribution < -0.4 is 10.6 Å². The van der Waals surface area contributed by atoms with Gasteiger partial charge in [-0.2, -0.15) is 11.8 Å². The first-order valence-corrected chi connectivity index (χ1v) is 12.4. The van der Waals surface area contributed by atoms with Gasteiger partial charge < -0.3 is 20.1 Å². The van der Waals surface area contributed by atoms with E-state index >= 15 is 0 Å². The highest BCUT2D eigenvalue weighted by molar-refractivity contribution is 14.0. The van der Waals surface area contributed by atoms with Crippen molar-refractivity contribution >= 4 is 41.7 Å². The zero-order valence-corrected chi connectivity index (χ0v) is 22.0. The Morgan fingerprint density at radius 3 is 2.21 bits per heavy atom. The molecule has 8 heteroatoms. The Morgan fingerprint density at radius 1 is 1.03 bits per heavy atom. The number of morpholine rings is 1. The number of ether oxygens (including phenoxy) is 2. The summed E-state index contributed by atoms with van der Waals surface area (Å²) < 4.78 is 11.4. The third kappa shape index (κ3) is 8.71. The van der Waals surface area contributed by atoms with Crippen molar-refractivity contribution in [3.8, 4) is 0 Å². The molecule has 0 spiro atoms. The Morgan fingerprint density at radius 2 is 1.66 bits per heavy atom. The van der Waals surface area contributed by atoms with E-state index in [0.717, 1.165) is 78.0 Å². The first-order valence-electron chi connectivity index (χ1n) is 11.1. The maximum atomic E-state index is 5.58. The summed E-state index contributed by atoms with van der Waals surface area (Å²) >= 11 is 1.95. The Bertz CT molecular complexity index is 454. The predicted octanol–water partition coefficient (Wildman–Crippen LogP) is 3.21. The second kappa shape index (κ2) is 15.1. The van der Waals surface area contributed by atoms with Crippen LogP contribution in [0, 0.1) is 5.92 Å². The van der Waals surface area contributed by atoms with E-state index in [0.29, 0.717) is 12.0 Å². The molecule has 0 saturated carbocycles. The second-order valence-corrected chi connectivity index (χ2v) is 9.14. The van der Waals surface area contributed by atoms with Crippen molar-refractivity contribution in [1.29, 1.82) is 0 Å². The molecule has 2 rings (SSSR count). The van der Waals surface area contributed by atoms with E-state index in [1.54, 1.807) is 0 Å². The largest absolute Gasteiger partial charge is 0.381 e. The maximum Gasteiger partial charge on any atom is 0.191 e. The van der Waals surface area contributed by atoms with E-state index in [2.05, 4.69) is 42.6 Å². The van der Waals surface area contributed by atoms with E-state index in [1.807, 2.05) is 11.8 Å². The Hall–Kier alpha value is 0.230. The van der Waals surface area contributed by atoms with Crippen molar-refractivity contribution in [2.45, 2.75) is 57.2 Å².